The summed E-state index contributed by atoms with van der Waals surface area (Å²) in [6.07, 6.45) is 0.0482. The van der Waals surface area contributed by atoms with Gasteiger partial charge in [0.2, 0.25) is 0 Å². The summed E-state index contributed by atoms with van der Waals surface area (Å²) in [7, 11) is 0. The van der Waals surface area contributed by atoms with Crippen LogP contribution < -0.4 is 5.32 Å². The van der Waals surface area contributed by atoms with Gasteiger partial charge in [0, 0.05) is 24.2 Å². The summed E-state index contributed by atoms with van der Waals surface area (Å²) in [6.45, 7) is 6.30. The van der Waals surface area contributed by atoms with Gasteiger partial charge in [-0.2, -0.15) is 0 Å². The molecule has 1 atom stereocenters. The largest absolute Gasteiger partial charge is 0.450 e. The number of amides is 1. The molecule has 158 valence electrons. The standard InChI is InChI=1S/C23H32N2O4/c1-22(2,3)24-21(27)29-16-10-15-25(17-19-11-6-4-7-12-19)23(28,18-26)20-13-8-5-9-14-20/h4-9,11-14,26,28H,10,15-18H2,1-3H3,(H,24,27)/t23-/m0/s1. The summed E-state index contributed by atoms with van der Waals surface area (Å²) in [5.74, 6) is 0. The van der Waals surface area contributed by atoms with E-state index in [4.69, 9.17) is 4.74 Å². The van der Waals surface area contributed by atoms with Gasteiger partial charge in [0.15, 0.2) is 5.72 Å². The molecule has 1 amide bonds. The summed E-state index contributed by atoms with van der Waals surface area (Å²) in [6, 6.07) is 18.9. The zero-order chi connectivity index (χ0) is 21.3. The summed E-state index contributed by atoms with van der Waals surface area (Å²) in [4.78, 5) is 13.6. The zero-order valence-electron chi connectivity index (χ0n) is 17.5. The quantitative estimate of drug-likeness (QED) is 0.445. The molecule has 0 saturated carbocycles. The Hall–Kier alpha value is -2.41. The van der Waals surface area contributed by atoms with E-state index in [1.807, 2.05) is 74.2 Å². The number of nitrogens with one attached hydrogen (secondary N) is 1. The van der Waals surface area contributed by atoms with Gasteiger partial charge in [-0.05, 0) is 32.8 Å². The van der Waals surface area contributed by atoms with Crippen LogP contribution in [0, 0.1) is 0 Å². The third-order valence-electron chi connectivity index (χ3n) is 4.48. The highest BCUT2D eigenvalue weighted by Gasteiger charge is 2.35. The molecule has 0 aromatic heterocycles. The Kier molecular flexibility index (Phi) is 8.20. The molecule has 0 fully saturated rings. The number of ether oxygens (including phenoxy) is 1. The molecule has 6 nitrogen and oxygen atoms in total. The number of carbonyl (C=O) groups is 1. The maximum absolute atomic E-state index is 11.8. The summed E-state index contributed by atoms with van der Waals surface area (Å²) in [5.41, 5.74) is -0.266. The molecule has 2 rings (SSSR count). The Morgan fingerprint density at radius 1 is 1.03 bits per heavy atom. The average molecular weight is 401 g/mol. The SMILES string of the molecule is CC(C)(C)NC(=O)OCCCN(Cc1ccccc1)[C@](O)(CO)c1ccccc1. The van der Waals surface area contributed by atoms with E-state index in [0.717, 1.165) is 5.56 Å². The molecule has 2 aromatic carbocycles. The van der Waals surface area contributed by atoms with Crippen molar-refractivity contribution in [3.05, 3.63) is 71.8 Å². The number of benzene rings is 2. The van der Waals surface area contributed by atoms with Crippen LogP contribution in [-0.2, 0) is 17.0 Å². The molecular weight excluding hydrogens is 368 g/mol. The minimum absolute atomic E-state index is 0.212. The fourth-order valence-corrected chi connectivity index (χ4v) is 3.04. The van der Waals surface area contributed by atoms with Gasteiger partial charge >= 0.3 is 6.09 Å². The maximum atomic E-state index is 11.8. The van der Waals surface area contributed by atoms with Crippen molar-refractivity contribution in [3.8, 4) is 0 Å². The molecule has 0 bridgehead atoms. The molecule has 0 aliphatic heterocycles. The first-order chi connectivity index (χ1) is 13.7. The molecule has 0 aliphatic carbocycles. The first-order valence-electron chi connectivity index (χ1n) is 9.87. The zero-order valence-corrected chi connectivity index (χ0v) is 17.5. The molecule has 0 unspecified atom stereocenters. The smallest absolute Gasteiger partial charge is 0.407 e. The van der Waals surface area contributed by atoms with Crippen LogP contribution in [0.5, 0.6) is 0 Å². The predicted octanol–water partition coefficient (Wildman–Crippen LogP) is 3.24. The number of hydrogen-bond acceptors (Lipinski definition) is 5. The number of alkyl carbamates (subject to hydrolysis) is 1. The van der Waals surface area contributed by atoms with Crippen molar-refractivity contribution in [1.82, 2.24) is 10.2 Å². The highest BCUT2D eigenvalue weighted by atomic mass is 16.5. The van der Waals surface area contributed by atoms with Crippen LogP contribution in [0.4, 0.5) is 4.79 Å². The Labute approximate surface area is 173 Å². The van der Waals surface area contributed by atoms with E-state index in [1.165, 1.54) is 0 Å². The van der Waals surface area contributed by atoms with E-state index in [1.54, 1.807) is 12.1 Å². The van der Waals surface area contributed by atoms with Crippen LogP contribution in [0.1, 0.15) is 38.3 Å². The van der Waals surface area contributed by atoms with E-state index in [0.29, 0.717) is 25.1 Å². The first kappa shape index (κ1) is 22.9. The summed E-state index contributed by atoms with van der Waals surface area (Å²) < 4.78 is 5.25. The molecule has 0 spiro atoms. The second-order valence-electron chi connectivity index (χ2n) is 8.11. The summed E-state index contributed by atoms with van der Waals surface area (Å²) >= 11 is 0. The fourth-order valence-electron chi connectivity index (χ4n) is 3.04. The van der Waals surface area contributed by atoms with Crippen molar-refractivity contribution in [2.24, 2.45) is 0 Å². The molecule has 29 heavy (non-hydrogen) atoms. The van der Waals surface area contributed by atoms with Crippen molar-refractivity contribution < 1.29 is 19.7 Å². The normalized spacial score (nSPS) is 13.7. The Bertz CT molecular complexity index is 746. The minimum atomic E-state index is -1.54. The second kappa shape index (κ2) is 10.4. The number of rotatable bonds is 9. The lowest BCUT2D eigenvalue weighted by Gasteiger charge is -2.39. The Morgan fingerprint density at radius 3 is 2.17 bits per heavy atom. The molecule has 3 N–H and O–H groups in total. The lowest BCUT2D eigenvalue weighted by atomic mass is 10.0. The average Bonchev–Trinajstić information content (AvgIpc) is 2.70. The van der Waals surface area contributed by atoms with E-state index >= 15 is 0 Å². The van der Waals surface area contributed by atoms with E-state index < -0.39 is 18.4 Å². The van der Waals surface area contributed by atoms with Gasteiger partial charge in [0.05, 0.1) is 13.2 Å². The van der Waals surface area contributed by atoms with Crippen molar-refractivity contribution in [1.29, 1.82) is 0 Å². The minimum Gasteiger partial charge on any atom is -0.450 e. The van der Waals surface area contributed by atoms with Crippen molar-refractivity contribution >= 4 is 6.09 Å². The van der Waals surface area contributed by atoms with Crippen molar-refractivity contribution in [3.63, 3.8) is 0 Å². The first-order valence-corrected chi connectivity index (χ1v) is 9.87. The summed E-state index contributed by atoms with van der Waals surface area (Å²) in [5, 5.41) is 24.2. The van der Waals surface area contributed by atoms with Crippen LogP contribution in [0.3, 0.4) is 0 Å². The number of nitrogens with zero attached hydrogens (tertiary/aromatic N) is 1. The van der Waals surface area contributed by atoms with Crippen LogP contribution in [-0.4, -0.2) is 46.5 Å². The highest BCUT2D eigenvalue weighted by Crippen LogP contribution is 2.27. The van der Waals surface area contributed by atoms with Gasteiger partial charge in [-0.25, -0.2) is 4.79 Å². The third-order valence-corrected chi connectivity index (χ3v) is 4.48. The topological polar surface area (TPSA) is 82.0 Å². The van der Waals surface area contributed by atoms with Gasteiger partial charge < -0.3 is 20.3 Å². The molecule has 0 aliphatic rings. The monoisotopic (exact) mass is 400 g/mol. The number of aliphatic hydroxyl groups excluding tert-OH is 1. The molecule has 6 heteroatoms. The van der Waals surface area contributed by atoms with E-state index in [9.17, 15) is 15.0 Å². The van der Waals surface area contributed by atoms with Gasteiger partial charge in [0.25, 0.3) is 0 Å². The number of carbonyl (C=O) groups excluding carboxylic acids is 1. The van der Waals surface area contributed by atoms with Gasteiger partial charge in [-0.15, -0.1) is 0 Å². The molecule has 2 aromatic rings. The van der Waals surface area contributed by atoms with Crippen LogP contribution >= 0.6 is 0 Å². The van der Waals surface area contributed by atoms with Crippen molar-refractivity contribution in [2.45, 2.75) is 45.0 Å². The third kappa shape index (κ3) is 7.16. The maximum Gasteiger partial charge on any atom is 0.407 e. The van der Waals surface area contributed by atoms with Crippen LogP contribution in [0.15, 0.2) is 60.7 Å². The van der Waals surface area contributed by atoms with E-state index in [2.05, 4.69) is 5.32 Å². The molecular formula is C23H32N2O4. The Balaban J connectivity index is 2.08. The molecule has 0 heterocycles. The van der Waals surface area contributed by atoms with E-state index in [-0.39, 0.29) is 12.1 Å². The predicted molar refractivity (Wildman–Crippen MR) is 113 cm³/mol. The van der Waals surface area contributed by atoms with Crippen LogP contribution in [0.2, 0.25) is 0 Å². The molecule has 0 saturated heterocycles. The lowest BCUT2D eigenvalue weighted by Crippen LogP contribution is -2.49. The lowest BCUT2D eigenvalue weighted by molar-refractivity contribution is -0.152. The number of aliphatic hydroxyl groups is 2. The van der Waals surface area contributed by atoms with Crippen LogP contribution in [0.25, 0.3) is 0 Å². The van der Waals surface area contributed by atoms with Gasteiger partial charge in [-0.1, -0.05) is 60.7 Å². The molecule has 0 radical (unpaired) electrons. The fraction of sp³-hybridized carbons (Fsp3) is 0.435. The highest BCUT2D eigenvalue weighted by molar-refractivity contribution is 5.67. The van der Waals surface area contributed by atoms with Gasteiger partial charge in [0.1, 0.15) is 0 Å². The van der Waals surface area contributed by atoms with Gasteiger partial charge in [-0.3, -0.25) is 4.90 Å². The second-order valence-corrected chi connectivity index (χ2v) is 8.11. The number of hydrogen-bond donors (Lipinski definition) is 3. The van der Waals surface area contributed by atoms with Crippen molar-refractivity contribution in [2.75, 3.05) is 19.8 Å². The Morgan fingerprint density at radius 2 is 1.62 bits per heavy atom.